The van der Waals surface area contributed by atoms with Gasteiger partial charge in [0.1, 0.15) is 5.69 Å². The number of benzene rings is 1. The van der Waals surface area contributed by atoms with E-state index in [9.17, 15) is 23.4 Å². The van der Waals surface area contributed by atoms with E-state index in [4.69, 9.17) is 23.2 Å². The number of fused-ring (bicyclic) bond motifs is 1. The summed E-state index contributed by atoms with van der Waals surface area (Å²) in [6.07, 6.45) is -4.86. The van der Waals surface area contributed by atoms with Crippen molar-refractivity contribution < 1.29 is 23.4 Å². The molecule has 27 heavy (non-hydrogen) atoms. The van der Waals surface area contributed by atoms with Gasteiger partial charge in [-0.25, -0.2) is 0 Å². The fourth-order valence-electron chi connectivity index (χ4n) is 3.04. The molecule has 144 valence electrons. The molecule has 0 fully saturated rings. The van der Waals surface area contributed by atoms with Gasteiger partial charge in [-0.15, -0.1) is 0 Å². The Morgan fingerprint density at radius 3 is 2.44 bits per heavy atom. The highest BCUT2D eigenvalue weighted by Crippen LogP contribution is 2.36. The predicted octanol–water partition coefficient (Wildman–Crippen LogP) is 4.78. The van der Waals surface area contributed by atoms with E-state index in [1.165, 1.54) is 6.20 Å². The lowest BCUT2D eigenvalue weighted by atomic mass is 10.1. The maximum Gasteiger partial charge on any atom is 0.416 e. The van der Waals surface area contributed by atoms with Crippen LogP contribution in [0.3, 0.4) is 0 Å². The van der Waals surface area contributed by atoms with Crippen molar-refractivity contribution in [2.24, 2.45) is 7.05 Å². The van der Waals surface area contributed by atoms with Crippen LogP contribution in [0, 0.1) is 6.92 Å². The molecule has 0 saturated heterocycles. The van der Waals surface area contributed by atoms with E-state index < -0.39 is 18.0 Å². The molecule has 2 aromatic heterocycles. The number of aromatic nitrogens is 2. The van der Waals surface area contributed by atoms with Crippen molar-refractivity contribution in [2.75, 3.05) is 0 Å². The largest absolute Gasteiger partial charge is 0.416 e. The lowest BCUT2D eigenvalue weighted by molar-refractivity contribution is -0.137. The molecule has 4 nitrogen and oxygen atoms in total. The average Bonchev–Trinajstić information content (AvgIpc) is 2.87. The molecule has 0 atom stereocenters. The summed E-state index contributed by atoms with van der Waals surface area (Å²) in [4.78, 5) is 3.80. The van der Waals surface area contributed by atoms with Crippen LogP contribution in [0.25, 0.3) is 10.9 Å². The summed E-state index contributed by atoms with van der Waals surface area (Å²) in [7, 11) is 1.65. The number of alkyl halides is 3. The first-order chi connectivity index (χ1) is 12.5. The third-order valence-corrected chi connectivity index (χ3v) is 5.24. The van der Waals surface area contributed by atoms with Gasteiger partial charge in [0.25, 0.3) is 0 Å². The minimum Gasteiger partial charge on any atom is -0.363 e. The molecule has 0 aliphatic carbocycles. The second-order valence-corrected chi connectivity index (χ2v) is 7.04. The third kappa shape index (κ3) is 3.65. The molecule has 3 aromatic rings. The molecule has 0 saturated carbocycles. The van der Waals surface area contributed by atoms with Crippen LogP contribution in [0.1, 0.15) is 34.4 Å². The van der Waals surface area contributed by atoms with E-state index in [1.807, 2.05) is 0 Å². The zero-order chi connectivity index (χ0) is 20.1. The number of halogens is 5. The van der Waals surface area contributed by atoms with Gasteiger partial charge in [0.15, 0.2) is 6.29 Å². The molecule has 0 radical (unpaired) electrons. The molecule has 0 aliphatic rings. The smallest absolute Gasteiger partial charge is 0.363 e. The van der Waals surface area contributed by atoms with Crippen LogP contribution < -0.4 is 0 Å². The van der Waals surface area contributed by atoms with Gasteiger partial charge in [-0.05, 0) is 36.2 Å². The molecular weight excluding hydrogens is 404 g/mol. The van der Waals surface area contributed by atoms with Gasteiger partial charge in [-0.2, -0.15) is 13.2 Å². The van der Waals surface area contributed by atoms with E-state index >= 15 is 0 Å². The number of pyridine rings is 1. The lowest BCUT2D eigenvalue weighted by Gasteiger charge is -2.13. The normalized spacial score (nSPS) is 12.4. The molecule has 2 N–H and O–H groups in total. The lowest BCUT2D eigenvalue weighted by Crippen LogP contribution is -2.06. The minimum atomic E-state index is -4.44. The molecule has 0 amide bonds. The Morgan fingerprint density at radius 1 is 1.19 bits per heavy atom. The average molecular weight is 419 g/mol. The number of nitrogens with zero attached hydrogens (tertiary/aromatic N) is 2. The maximum atomic E-state index is 13.1. The van der Waals surface area contributed by atoms with Crippen molar-refractivity contribution in [3.8, 4) is 0 Å². The van der Waals surface area contributed by atoms with Crippen molar-refractivity contribution in [3.63, 3.8) is 0 Å². The minimum absolute atomic E-state index is 0.00968. The Bertz CT molecular complexity index is 1030. The summed E-state index contributed by atoms with van der Waals surface area (Å²) < 4.78 is 41.0. The standard InChI is InChI=1S/C18H15Cl2F3N2O2/c1-8-3-9(18(21,22)23)4-14-11(8)5-10(25(14)2)6-12-13(19)7-24-16(15(12)20)17(26)27/h3-5,7,17,26-27H,6H2,1-2H3. The van der Waals surface area contributed by atoms with Crippen molar-refractivity contribution in [2.45, 2.75) is 25.8 Å². The molecule has 0 bridgehead atoms. The van der Waals surface area contributed by atoms with Gasteiger partial charge in [0.2, 0.25) is 0 Å². The van der Waals surface area contributed by atoms with Crippen molar-refractivity contribution in [3.05, 3.63) is 62.5 Å². The first-order valence-electron chi connectivity index (χ1n) is 7.85. The Balaban J connectivity index is 2.13. The monoisotopic (exact) mass is 418 g/mol. The predicted molar refractivity (Wildman–Crippen MR) is 96.9 cm³/mol. The highest BCUT2D eigenvalue weighted by Gasteiger charge is 2.31. The van der Waals surface area contributed by atoms with Crippen molar-refractivity contribution in [1.82, 2.24) is 9.55 Å². The van der Waals surface area contributed by atoms with Crippen LogP contribution in [-0.2, 0) is 19.6 Å². The fraction of sp³-hybridized carbons (Fsp3) is 0.278. The molecule has 0 spiro atoms. The molecular formula is C18H15Cl2F3N2O2. The first-order valence-corrected chi connectivity index (χ1v) is 8.61. The second-order valence-electron chi connectivity index (χ2n) is 6.25. The van der Waals surface area contributed by atoms with Gasteiger partial charge >= 0.3 is 6.18 Å². The van der Waals surface area contributed by atoms with Gasteiger partial charge < -0.3 is 14.8 Å². The highest BCUT2D eigenvalue weighted by molar-refractivity contribution is 6.36. The number of hydrogen-bond donors (Lipinski definition) is 2. The van der Waals surface area contributed by atoms with Crippen LogP contribution >= 0.6 is 23.2 Å². The quantitative estimate of drug-likeness (QED) is 0.601. The number of hydrogen-bond acceptors (Lipinski definition) is 3. The number of aliphatic hydroxyl groups is 2. The maximum absolute atomic E-state index is 13.1. The van der Waals surface area contributed by atoms with Crippen molar-refractivity contribution >= 4 is 34.1 Å². The summed E-state index contributed by atoms with van der Waals surface area (Å²) in [5, 5.41) is 19.6. The Hall–Kier alpha value is -1.80. The SMILES string of the molecule is Cc1cc(C(F)(F)F)cc2c1cc(Cc1c(Cl)cnc(C(O)O)c1Cl)n2C. The number of rotatable bonds is 3. The zero-order valence-electron chi connectivity index (χ0n) is 14.3. The molecule has 1 aromatic carbocycles. The summed E-state index contributed by atoms with van der Waals surface area (Å²) >= 11 is 12.4. The van der Waals surface area contributed by atoms with Gasteiger partial charge in [-0.3, -0.25) is 4.98 Å². The Kier molecular flexibility index (Phi) is 5.16. The summed E-state index contributed by atoms with van der Waals surface area (Å²) in [6.45, 7) is 1.62. The van der Waals surface area contributed by atoms with Crippen LogP contribution in [-0.4, -0.2) is 19.8 Å². The van der Waals surface area contributed by atoms with Gasteiger partial charge in [0.05, 0.1) is 15.6 Å². The van der Waals surface area contributed by atoms with E-state index in [0.717, 1.165) is 12.1 Å². The van der Waals surface area contributed by atoms with Crippen molar-refractivity contribution in [1.29, 1.82) is 0 Å². The molecule has 3 rings (SSSR count). The van der Waals surface area contributed by atoms with E-state index in [2.05, 4.69) is 4.98 Å². The zero-order valence-corrected chi connectivity index (χ0v) is 15.8. The van der Waals surface area contributed by atoms with Gasteiger partial charge in [0, 0.05) is 36.3 Å². The molecule has 9 heteroatoms. The highest BCUT2D eigenvalue weighted by atomic mass is 35.5. The number of aryl methyl sites for hydroxylation is 2. The summed E-state index contributed by atoms with van der Waals surface area (Å²) in [6, 6.07) is 3.98. The van der Waals surface area contributed by atoms with Crippen LogP contribution in [0.4, 0.5) is 13.2 Å². The van der Waals surface area contributed by atoms with Gasteiger partial charge in [-0.1, -0.05) is 23.2 Å². The van der Waals surface area contributed by atoms with Crippen LogP contribution in [0.15, 0.2) is 24.4 Å². The topological polar surface area (TPSA) is 58.3 Å². The Morgan fingerprint density at radius 2 is 1.85 bits per heavy atom. The summed E-state index contributed by atoms with van der Waals surface area (Å²) in [5.74, 6) is 0. The van der Waals surface area contributed by atoms with E-state index in [-0.39, 0.29) is 22.2 Å². The molecule has 2 heterocycles. The van der Waals surface area contributed by atoms with Crippen LogP contribution in [0.5, 0.6) is 0 Å². The Labute approximate surface area is 162 Å². The fourth-order valence-corrected chi connectivity index (χ4v) is 3.61. The third-order valence-electron chi connectivity index (χ3n) is 4.49. The second kappa shape index (κ2) is 6.98. The number of aliphatic hydroxyl groups excluding tert-OH is 1. The van der Waals surface area contributed by atoms with E-state index in [0.29, 0.717) is 27.7 Å². The first kappa shape index (κ1) is 19.9. The molecule has 0 aliphatic heterocycles. The van der Waals surface area contributed by atoms with E-state index in [1.54, 1.807) is 24.6 Å². The van der Waals surface area contributed by atoms with Crippen LogP contribution in [0.2, 0.25) is 10.0 Å². The molecule has 0 unspecified atom stereocenters. The summed E-state index contributed by atoms with van der Waals surface area (Å²) in [5.41, 5.74) is 1.16.